The van der Waals surface area contributed by atoms with E-state index in [0.717, 1.165) is 11.6 Å². The number of benzene rings is 2. The van der Waals surface area contributed by atoms with E-state index in [2.05, 4.69) is 15.6 Å². The Morgan fingerprint density at radius 2 is 1.88 bits per heavy atom. The minimum Gasteiger partial charge on any atom is -0.508 e. The average Bonchev–Trinajstić information content (AvgIpc) is 2.54. The van der Waals surface area contributed by atoms with E-state index in [9.17, 15) is 13.9 Å². The summed E-state index contributed by atoms with van der Waals surface area (Å²) in [5.74, 6) is -0.462. The van der Waals surface area contributed by atoms with Gasteiger partial charge < -0.3 is 15.7 Å². The maximum atomic E-state index is 13.9. The van der Waals surface area contributed by atoms with Gasteiger partial charge in [0, 0.05) is 18.2 Å². The predicted molar refractivity (Wildman–Crippen MR) is 90.8 cm³/mol. The summed E-state index contributed by atoms with van der Waals surface area (Å²) in [5, 5.41) is 15.5. The van der Waals surface area contributed by atoms with Crippen LogP contribution in [0.5, 0.6) is 5.75 Å². The zero-order chi connectivity index (χ0) is 17.5. The maximum Gasteiger partial charge on any atom is 0.192 e. The Kier molecular flexibility index (Phi) is 6.12. The largest absolute Gasteiger partial charge is 0.508 e. The van der Waals surface area contributed by atoms with Crippen molar-refractivity contribution in [2.75, 3.05) is 6.54 Å². The lowest BCUT2D eigenvalue weighted by molar-refractivity contribution is 0.475. The number of nitrogens with zero attached hydrogens (tertiary/aromatic N) is 1. The van der Waals surface area contributed by atoms with Crippen molar-refractivity contribution in [1.82, 2.24) is 10.6 Å². The van der Waals surface area contributed by atoms with Gasteiger partial charge in [0.15, 0.2) is 5.96 Å². The third-order valence-corrected chi connectivity index (χ3v) is 3.48. The maximum absolute atomic E-state index is 13.9. The fourth-order valence-electron chi connectivity index (χ4n) is 2.23. The summed E-state index contributed by atoms with van der Waals surface area (Å²) >= 11 is 0. The highest BCUT2D eigenvalue weighted by Crippen LogP contribution is 2.17. The Hall–Kier alpha value is -2.63. The van der Waals surface area contributed by atoms with Crippen molar-refractivity contribution in [2.24, 2.45) is 4.99 Å². The van der Waals surface area contributed by atoms with Crippen LogP contribution in [0.25, 0.3) is 0 Å². The van der Waals surface area contributed by atoms with E-state index in [1.807, 2.05) is 6.92 Å². The van der Waals surface area contributed by atoms with Crippen LogP contribution in [0.2, 0.25) is 0 Å². The van der Waals surface area contributed by atoms with E-state index in [1.54, 1.807) is 31.2 Å². The number of halogens is 2. The lowest BCUT2D eigenvalue weighted by Crippen LogP contribution is -2.39. The molecule has 0 fully saturated rings. The van der Waals surface area contributed by atoms with Gasteiger partial charge in [-0.3, -0.25) is 0 Å². The first-order chi connectivity index (χ1) is 11.5. The van der Waals surface area contributed by atoms with Gasteiger partial charge in [-0.2, -0.15) is 0 Å². The van der Waals surface area contributed by atoms with Crippen molar-refractivity contribution in [3.05, 3.63) is 65.2 Å². The second-order valence-electron chi connectivity index (χ2n) is 5.39. The molecule has 2 aromatic rings. The molecule has 0 bridgehead atoms. The van der Waals surface area contributed by atoms with Gasteiger partial charge in [0.25, 0.3) is 0 Å². The molecule has 0 aromatic heterocycles. The molecular weight excluding hydrogens is 312 g/mol. The van der Waals surface area contributed by atoms with E-state index in [4.69, 9.17) is 0 Å². The molecular formula is C18H21F2N3O. The van der Waals surface area contributed by atoms with Crippen molar-refractivity contribution < 1.29 is 13.9 Å². The zero-order valence-electron chi connectivity index (χ0n) is 13.7. The molecule has 0 spiro atoms. The van der Waals surface area contributed by atoms with Crippen LogP contribution in [0.4, 0.5) is 8.78 Å². The molecule has 4 nitrogen and oxygen atoms in total. The van der Waals surface area contributed by atoms with Crippen LogP contribution in [-0.2, 0) is 6.54 Å². The molecule has 0 radical (unpaired) electrons. The summed E-state index contributed by atoms with van der Waals surface area (Å²) in [6, 6.07) is 9.92. The number of phenols is 1. The molecule has 0 aliphatic heterocycles. The Bertz CT molecular complexity index is 702. The molecule has 1 unspecified atom stereocenters. The van der Waals surface area contributed by atoms with Gasteiger partial charge >= 0.3 is 0 Å². The van der Waals surface area contributed by atoms with Gasteiger partial charge in [0.05, 0.1) is 12.6 Å². The minimum atomic E-state index is -0.601. The van der Waals surface area contributed by atoms with Crippen molar-refractivity contribution >= 4 is 5.96 Å². The van der Waals surface area contributed by atoms with Crippen LogP contribution in [0.1, 0.15) is 31.0 Å². The monoisotopic (exact) mass is 333 g/mol. The molecule has 0 aliphatic rings. The Labute approximate surface area is 140 Å². The molecule has 0 saturated heterocycles. The normalized spacial score (nSPS) is 12.8. The van der Waals surface area contributed by atoms with Gasteiger partial charge in [-0.15, -0.1) is 0 Å². The van der Waals surface area contributed by atoms with Crippen LogP contribution in [0.15, 0.2) is 47.5 Å². The number of rotatable bonds is 5. The molecule has 0 heterocycles. The standard InChI is InChI=1S/C18H21F2N3O/c1-3-21-18(22-11-13-4-7-15(24)8-5-13)23-12(2)16-9-6-14(19)10-17(16)20/h4-10,12,24H,3,11H2,1-2H3,(H2,21,22,23). The number of hydrogen-bond donors (Lipinski definition) is 3. The van der Waals surface area contributed by atoms with E-state index in [-0.39, 0.29) is 11.8 Å². The van der Waals surface area contributed by atoms with Crippen molar-refractivity contribution in [1.29, 1.82) is 0 Å². The van der Waals surface area contributed by atoms with Crippen molar-refractivity contribution in [2.45, 2.75) is 26.4 Å². The quantitative estimate of drug-likeness (QED) is 0.580. The summed E-state index contributed by atoms with van der Waals surface area (Å²) in [5.41, 5.74) is 1.30. The van der Waals surface area contributed by atoms with Crippen molar-refractivity contribution in [3.63, 3.8) is 0 Å². The smallest absolute Gasteiger partial charge is 0.192 e. The summed E-state index contributed by atoms with van der Waals surface area (Å²) < 4.78 is 26.9. The van der Waals surface area contributed by atoms with Crippen LogP contribution < -0.4 is 10.6 Å². The third-order valence-electron chi connectivity index (χ3n) is 3.48. The minimum absolute atomic E-state index is 0.202. The average molecular weight is 333 g/mol. The summed E-state index contributed by atoms with van der Waals surface area (Å²) in [6.07, 6.45) is 0. The van der Waals surface area contributed by atoms with Gasteiger partial charge in [-0.25, -0.2) is 13.8 Å². The number of guanidine groups is 1. The molecule has 24 heavy (non-hydrogen) atoms. The molecule has 6 heteroatoms. The van der Waals surface area contributed by atoms with Crippen LogP contribution in [-0.4, -0.2) is 17.6 Å². The third kappa shape index (κ3) is 4.94. The van der Waals surface area contributed by atoms with E-state index in [0.29, 0.717) is 24.6 Å². The number of hydrogen-bond acceptors (Lipinski definition) is 2. The molecule has 0 saturated carbocycles. The molecule has 0 amide bonds. The first-order valence-corrected chi connectivity index (χ1v) is 7.77. The Morgan fingerprint density at radius 1 is 1.17 bits per heavy atom. The summed E-state index contributed by atoms with van der Waals surface area (Å²) in [4.78, 5) is 4.44. The lowest BCUT2D eigenvalue weighted by atomic mass is 10.1. The van der Waals surface area contributed by atoms with Gasteiger partial charge in [-0.05, 0) is 37.6 Å². The predicted octanol–water partition coefficient (Wildman–Crippen LogP) is 3.49. The molecule has 128 valence electrons. The number of aromatic hydroxyl groups is 1. The van der Waals surface area contributed by atoms with Gasteiger partial charge in [0.2, 0.25) is 0 Å². The first-order valence-electron chi connectivity index (χ1n) is 7.77. The molecule has 1 atom stereocenters. The fraction of sp³-hybridized carbons (Fsp3) is 0.278. The molecule has 2 rings (SSSR count). The highest BCUT2D eigenvalue weighted by molar-refractivity contribution is 5.80. The summed E-state index contributed by atoms with van der Waals surface area (Å²) in [6.45, 7) is 4.78. The van der Waals surface area contributed by atoms with Crippen LogP contribution in [0, 0.1) is 11.6 Å². The second kappa shape index (κ2) is 8.29. The van der Waals surface area contributed by atoms with Crippen molar-refractivity contribution in [3.8, 4) is 5.75 Å². The SMILES string of the molecule is CCNC(=NCc1ccc(O)cc1)NC(C)c1ccc(F)cc1F. The molecule has 0 aliphatic carbocycles. The van der Waals surface area contributed by atoms with Crippen LogP contribution in [0.3, 0.4) is 0 Å². The molecule has 2 aromatic carbocycles. The topological polar surface area (TPSA) is 56.7 Å². The van der Waals surface area contributed by atoms with E-state index >= 15 is 0 Å². The number of phenolic OH excluding ortho intramolecular Hbond substituents is 1. The second-order valence-corrected chi connectivity index (χ2v) is 5.39. The van der Waals surface area contributed by atoms with Gasteiger partial charge in [-0.1, -0.05) is 18.2 Å². The number of nitrogens with one attached hydrogen (secondary N) is 2. The van der Waals surface area contributed by atoms with E-state index in [1.165, 1.54) is 12.1 Å². The lowest BCUT2D eigenvalue weighted by Gasteiger charge is -2.18. The van der Waals surface area contributed by atoms with E-state index < -0.39 is 11.6 Å². The fourth-order valence-corrected chi connectivity index (χ4v) is 2.23. The zero-order valence-corrected chi connectivity index (χ0v) is 13.7. The van der Waals surface area contributed by atoms with Crippen LogP contribution >= 0.6 is 0 Å². The Balaban J connectivity index is 2.09. The highest BCUT2D eigenvalue weighted by atomic mass is 19.1. The summed E-state index contributed by atoms with van der Waals surface area (Å²) in [7, 11) is 0. The Morgan fingerprint density at radius 3 is 2.50 bits per heavy atom. The van der Waals surface area contributed by atoms with Gasteiger partial charge in [0.1, 0.15) is 17.4 Å². The number of aliphatic imine (C=N–C) groups is 1. The molecule has 3 N–H and O–H groups in total. The first kappa shape index (κ1) is 17.7. The highest BCUT2D eigenvalue weighted by Gasteiger charge is 2.13.